The Bertz CT molecular complexity index is 1100. The number of ether oxygens (including phenoxy) is 4. The maximum Gasteiger partial charge on any atom is 0.348 e. The molecule has 164 valence electrons. The van der Waals surface area contributed by atoms with Crippen LogP contribution in [0.1, 0.15) is 22.2 Å². The van der Waals surface area contributed by atoms with Gasteiger partial charge in [0.1, 0.15) is 4.88 Å². The van der Waals surface area contributed by atoms with Crippen LogP contribution in [0.25, 0.3) is 10.1 Å². The molecule has 0 unspecified atom stereocenters. The summed E-state index contributed by atoms with van der Waals surface area (Å²) >= 11 is 1.35. The van der Waals surface area contributed by atoms with Gasteiger partial charge in [-0.3, -0.25) is 0 Å². The normalized spacial score (nSPS) is 10.5. The van der Waals surface area contributed by atoms with Crippen molar-refractivity contribution in [3.63, 3.8) is 0 Å². The Labute approximate surface area is 184 Å². The number of nitrogens with one attached hydrogen (secondary N) is 2. The van der Waals surface area contributed by atoms with Gasteiger partial charge in [-0.25, -0.2) is 9.59 Å². The minimum atomic E-state index is -0.378. The van der Waals surface area contributed by atoms with Gasteiger partial charge in [0.25, 0.3) is 0 Å². The Morgan fingerprint density at radius 2 is 1.74 bits per heavy atom. The lowest BCUT2D eigenvalue weighted by Gasteiger charge is -2.16. The zero-order valence-electron chi connectivity index (χ0n) is 17.7. The second-order valence-electron chi connectivity index (χ2n) is 6.38. The van der Waals surface area contributed by atoms with Gasteiger partial charge in [0.15, 0.2) is 11.5 Å². The minimum Gasteiger partial charge on any atom is -0.493 e. The van der Waals surface area contributed by atoms with Crippen LogP contribution < -0.4 is 24.8 Å². The number of urea groups is 1. The lowest BCUT2D eigenvalue weighted by Crippen LogP contribution is -2.28. The molecule has 0 aliphatic rings. The SMILES string of the molecule is CCOC(=O)c1cc2cc(NC(=O)NCc3ccc(OC)c(OC)c3OC)ccc2s1. The maximum absolute atomic E-state index is 12.4. The van der Waals surface area contributed by atoms with E-state index >= 15 is 0 Å². The highest BCUT2D eigenvalue weighted by atomic mass is 32.1. The number of methoxy groups -OCH3 is 3. The molecule has 0 saturated carbocycles. The van der Waals surface area contributed by atoms with Crippen LogP contribution in [0.4, 0.5) is 10.5 Å². The number of hydrogen-bond donors (Lipinski definition) is 2. The average molecular weight is 445 g/mol. The van der Waals surface area contributed by atoms with Crippen molar-refractivity contribution >= 4 is 39.1 Å². The highest BCUT2D eigenvalue weighted by molar-refractivity contribution is 7.20. The molecule has 1 aromatic heterocycles. The second kappa shape index (κ2) is 10.0. The third-order valence-corrected chi connectivity index (χ3v) is 5.57. The van der Waals surface area contributed by atoms with Crippen LogP contribution in [0.2, 0.25) is 0 Å². The van der Waals surface area contributed by atoms with Gasteiger partial charge < -0.3 is 29.6 Å². The van der Waals surface area contributed by atoms with E-state index in [1.807, 2.05) is 12.1 Å². The topological polar surface area (TPSA) is 95.1 Å². The fourth-order valence-corrected chi connectivity index (χ4v) is 4.01. The maximum atomic E-state index is 12.4. The minimum absolute atomic E-state index is 0.225. The van der Waals surface area contributed by atoms with Crippen molar-refractivity contribution < 1.29 is 28.5 Å². The monoisotopic (exact) mass is 444 g/mol. The molecule has 2 N–H and O–H groups in total. The third-order valence-electron chi connectivity index (χ3n) is 4.48. The van der Waals surface area contributed by atoms with Gasteiger partial charge in [0.05, 0.1) is 27.9 Å². The molecule has 0 saturated heterocycles. The largest absolute Gasteiger partial charge is 0.493 e. The van der Waals surface area contributed by atoms with E-state index in [1.165, 1.54) is 25.6 Å². The number of benzene rings is 2. The number of anilines is 1. The molecule has 3 rings (SSSR count). The Morgan fingerprint density at radius 3 is 2.42 bits per heavy atom. The van der Waals surface area contributed by atoms with E-state index in [4.69, 9.17) is 18.9 Å². The lowest BCUT2D eigenvalue weighted by atomic mass is 10.1. The molecule has 8 nitrogen and oxygen atoms in total. The van der Waals surface area contributed by atoms with Gasteiger partial charge in [-0.15, -0.1) is 11.3 Å². The fourth-order valence-electron chi connectivity index (χ4n) is 3.08. The first-order valence-electron chi connectivity index (χ1n) is 9.54. The highest BCUT2D eigenvalue weighted by Crippen LogP contribution is 2.39. The van der Waals surface area contributed by atoms with Gasteiger partial charge in [-0.1, -0.05) is 0 Å². The summed E-state index contributed by atoms with van der Waals surface area (Å²) in [5.41, 5.74) is 1.35. The smallest absolute Gasteiger partial charge is 0.348 e. The van der Waals surface area contributed by atoms with Gasteiger partial charge in [-0.2, -0.15) is 0 Å². The Hall–Kier alpha value is -3.46. The molecule has 0 spiro atoms. The summed E-state index contributed by atoms with van der Waals surface area (Å²) in [5, 5.41) is 6.45. The predicted octanol–water partition coefficient (Wildman–Crippen LogP) is 4.43. The quantitative estimate of drug-likeness (QED) is 0.499. The lowest BCUT2D eigenvalue weighted by molar-refractivity contribution is 0.0532. The number of carbonyl (C=O) groups is 2. The standard InChI is InChI=1S/C22H24N2O6S/c1-5-30-21(25)18-11-14-10-15(7-9-17(14)31-18)24-22(26)23-12-13-6-8-16(27-2)20(29-4)19(13)28-3/h6-11H,5,12H2,1-4H3,(H2,23,24,26). The van der Waals surface area contributed by atoms with Crippen LogP contribution in [0, 0.1) is 0 Å². The molecule has 0 aliphatic heterocycles. The van der Waals surface area contributed by atoms with Gasteiger partial charge in [0.2, 0.25) is 5.75 Å². The van der Waals surface area contributed by atoms with Crippen LogP contribution >= 0.6 is 11.3 Å². The molecule has 1 heterocycles. The predicted molar refractivity (Wildman–Crippen MR) is 120 cm³/mol. The van der Waals surface area contributed by atoms with Gasteiger partial charge in [0, 0.05) is 22.5 Å². The van der Waals surface area contributed by atoms with Crippen molar-refractivity contribution in [2.24, 2.45) is 0 Å². The van der Waals surface area contributed by atoms with Crippen LogP contribution in [0.3, 0.4) is 0 Å². The molecular weight excluding hydrogens is 420 g/mol. The number of hydrogen-bond acceptors (Lipinski definition) is 7. The Balaban J connectivity index is 1.68. The summed E-state index contributed by atoms with van der Waals surface area (Å²) in [6.45, 7) is 2.32. The van der Waals surface area contributed by atoms with E-state index in [2.05, 4.69) is 10.6 Å². The van der Waals surface area contributed by atoms with Crippen LogP contribution in [0.15, 0.2) is 36.4 Å². The molecule has 0 bridgehead atoms. The van der Waals surface area contributed by atoms with Gasteiger partial charge in [-0.05, 0) is 48.7 Å². The van der Waals surface area contributed by atoms with E-state index in [9.17, 15) is 9.59 Å². The summed E-state index contributed by atoms with van der Waals surface area (Å²) in [6, 6.07) is 10.4. The molecule has 31 heavy (non-hydrogen) atoms. The number of esters is 1. The molecule has 0 atom stereocenters. The molecule has 0 fully saturated rings. The van der Waals surface area contributed by atoms with Crippen molar-refractivity contribution in [2.45, 2.75) is 13.5 Å². The first kappa shape index (κ1) is 22.2. The van der Waals surface area contributed by atoms with E-state index in [1.54, 1.807) is 38.3 Å². The molecule has 0 aliphatic carbocycles. The molecule has 0 radical (unpaired) electrons. The first-order valence-corrected chi connectivity index (χ1v) is 10.4. The zero-order valence-corrected chi connectivity index (χ0v) is 18.6. The molecule has 2 amide bonds. The van der Waals surface area contributed by atoms with E-state index in [0.29, 0.717) is 34.4 Å². The Kier molecular flexibility index (Phi) is 7.19. The number of thiophene rings is 1. The van der Waals surface area contributed by atoms with Crippen molar-refractivity contribution in [2.75, 3.05) is 33.3 Å². The number of fused-ring (bicyclic) bond motifs is 1. The third kappa shape index (κ3) is 5.00. The molecule has 2 aromatic carbocycles. The molecule has 3 aromatic rings. The number of carbonyl (C=O) groups excluding carboxylic acids is 2. The molecule has 9 heteroatoms. The van der Waals surface area contributed by atoms with E-state index in [-0.39, 0.29) is 18.5 Å². The zero-order chi connectivity index (χ0) is 22.4. The van der Waals surface area contributed by atoms with Gasteiger partial charge >= 0.3 is 12.0 Å². The summed E-state index contributed by atoms with van der Waals surface area (Å²) in [5.74, 6) is 1.15. The first-order chi connectivity index (χ1) is 15.0. The van der Waals surface area contributed by atoms with Crippen LogP contribution in [0.5, 0.6) is 17.2 Å². The summed E-state index contributed by atoms with van der Waals surface area (Å²) in [4.78, 5) is 24.9. The summed E-state index contributed by atoms with van der Waals surface area (Å²) in [7, 11) is 4.60. The highest BCUT2D eigenvalue weighted by Gasteiger charge is 2.16. The van der Waals surface area contributed by atoms with Crippen molar-refractivity contribution in [3.8, 4) is 17.2 Å². The van der Waals surface area contributed by atoms with Crippen LogP contribution in [-0.4, -0.2) is 39.9 Å². The van der Waals surface area contributed by atoms with Crippen molar-refractivity contribution in [3.05, 3.63) is 46.8 Å². The van der Waals surface area contributed by atoms with E-state index < -0.39 is 0 Å². The molecular formula is C22H24N2O6S. The number of amides is 2. The second-order valence-corrected chi connectivity index (χ2v) is 7.47. The summed E-state index contributed by atoms with van der Waals surface area (Å²) < 4.78 is 22.0. The fraction of sp³-hybridized carbons (Fsp3) is 0.273. The average Bonchev–Trinajstić information content (AvgIpc) is 3.20. The van der Waals surface area contributed by atoms with Crippen molar-refractivity contribution in [1.29, 1.82) is 0 Å². The Morgan fingerprint density at radius 1 is 0.968 bits per heavy atom. The summed E-state index contributed by atoms with van der Waals surface area (Å²) in [6.07, 6.45) is 0. The number of rotatable bonds is 8. The van der Waals surface area contributed by atoms with Crippen molar-refractivity contribution in [1.82, 2.24) is 5.32 Å². The van der Waals surface area contributed by atoms with E-state index in [0.717, 1.165) is 15.6 Å². The van der Waals surface area contributed by atoms with Crippen LogP contribution in [-0.2, 0) is 11.3 Å².